The Morgan fingerprint density at radius 2 is 2.00 bits per heavy atom. The van der Waals surface area contributed by atoms with Gasteiger partial charge in [0, 0.05) is 6.61 Å². The van der Waals surface area contributed by atoms with Gasteiger partial charge in [-0.15, -0.1) is 0 Å². The molecule has 0 aliphatic rings. The van der Waals surface area contributed by atoms with Crippen molar-refractivity contribution in [2.24, 2.45) is 0 Å². The number of aliphatic hydroxyl groups is 3. The van der Waals surface area contributed by atoms with E-state index in [2.05, 4.69) is 0 Å². The van der Waals surface area contributed by atoms with Crippen LogP contribution in [0.1, 0.15) is 23.7 Å². The number of aryl methyl sites for hydroxylation is 1. The van der Waals surface area contributed by atoms with Gasteiger partial charge in [0.2, 0.25) is 0 Å². The molecule has 78 valence electrons. The number of hydrogen-bond donors (Lipinski definition) is 3. The quantitative estimate of drug-likeness (QED) is 0.666. The summed E-state index contributed by atoms with van der Waals surface area (Å²) in [4.78, 5) is 0. The molecule has 0 saturated carbocycles. The Balaban J connectivity index is 2.73. The lowest BCUT2D eigenvalue weighted by molar-refractivity contribution is 0.00419. The fourth-order valence-corrected chi connectivity index (χ4v) is 1.37. The minimum absolute atomic E-state index is 0.121. The summed E-state index contributed by atoms with van der Waals surface area (Å²) in [5, 5.41) is 27.8. The van der Waals surface area contributed by atoms with Gasteiger partial charge in [-0.25, -0.2) is 0 Å². The van der Waals surface area contributed by atoms with Crippen LogP contribution in [-0.4, -0.2) is 28.0 Å². The number of rotatable bonds is 4. The van der Waals surface area contributed by atoms with E-state index < -0.39 is 12.2 Å². The van der Waals surface area contributed by atoms with Gasteiger partial charge in [0.15, 0.2) is 0 Å². The Labute approximate surface area is 83.6 Å². The van der Waals surface area contributed by atoms with E-state index in [-0.39, 0.29) is 13.0 Å². The van der Waals surface area contributed by atoms with E-state index in [0.717, 1.165) is 5.56 Å². The SMILES string of the molecule is Cc1cccc(C(O)C(O)CCO)c1. The van der Waals surface area contributed by atoms with Crippen LogP contribution in [-0.2, 0) is 0 Å². The van der Waals surface area contributed by atoms with Crippen molar-refractivity contribution in [2.75, 3.05) is 6.61 Å². The molecule has 2 atom stereocenters. The molecule has 0 amide bonds. The summed E-state index contributed by atoms with van der Waals surface area (Å²) in [5.41, 5.74) is 1.73. The van der Waals surface area contributed by atoms with Gasteiger partial charge in [-0.05, 0) is 18.9 Å². The number of hydrogen-bond acceptors (Lipinski definition) is 3. The molecule has 0 saturated heterocycles. The molecule has 0 aromatic heterocycles. The lowest BCUT2D eigenvalue weighted by Gasteiger charge is -2.17. The molecule has 0 radical (unpaired) electrons. The van der Waals surface area contributed by atoms with Crippen LogP contribution in [0.5, 0.6) is 0 Å². The molecule has 0 aliphatic carbocycles. The van der Waals surface area contributed by atoms with Gasteiger partial charge in [0.05, 0.1) is 6.10 Å². The molecule has 0 spiro atoms. The highest BCUT2D eigenvalue weighted by molar-refractivity contribution is 5.24. The van der Waals surface area contributed by atoms with Gasteiger partial charge in [-0.1, -0.05) is 29.8 Å². The minimum Gasteiger partial charge on any atom is -0.396 e. The van der Waals surface area contributed by atoms with Crippen LogP contribution in [0.4, 0.5) is 0 Å². The molecule has 0 aliphatic heterocycles. The zero-order chi connectivity index (χ0) is 10.6. The maximum atomic E-state index is 9.68. The van der Waals surface area contributed by atoms with Crippen molar-refractivity contribution in [3.8, 4) is 0 Å². The Bertz CT molecular complexity index is 286. The molecule has 3 N–H and O–H groups in total. The summed E-state index contributed by atoms with van der Waals surface area (Å²) in [6.45, 7) is 1.80. The molecular formula is C11H16O3. The molecule has 1 aromatic carbocycles. The molecule has 3 heteroatoms. The highest BCUT2D eigenvalue weighted by Crippen LogP contribution is 2.19. The summed E-state index contributed by atoms with van der Waals surface area (Å²) in [6, 6.07) is 7.34. The van der Waals surface area contributed by atoms with Crippen LogP contribution in [0.2, 0.25) is 0 Å². The minimum atomic E-state index is -0.915. The average Bonchev–Trinajstić information content (AvgIpc) is 2.17. The third kappa shape index (κ3) is 2.80. The molecule has 2 unspecified atom stereocenters. The van der Waals surface area contributed by atoms with Gasteiger partial charge in [-0.3, -0.25) is 0 Å². The highest BCUT2D eigenvalue weighted by Gasteiger charge is 2.17. The topological polar surface area (TPSA) is 60.7 Å². The lowest BCUT2D eigenvalue weighted by Crippen LogP contribution is -2.19. The van der Waals surface area contributed by atoms with Gasteiger partial charge in [0.25, 0.3) is 0 Å². The van der Waals surface area contributed by atoms with E-state index in [4.69, 9.17) is 5.11 Å². The van der Waals surface area contributed by atoms with Crippen molar-refractivity contribution in [1.82, 2.24) is 0 Å². The monoisotopic (exact) mass is 196 g/mol. The molecule has 0 bridgehead atoms. The lowest BCUT2D eigenvalue weighted by atomic mass is 10.0. The molecule has 0 fully saturated rings. The maximum Gasteiger partial charge on any atom is 0.105 e. The second-order valence-electron chi connectivity index (χ2n) is 3.44. The predicted molar refractivity (Wildman–Crippen MR) is 53.8 cm³/mol. The van der Waals surface area contributed by atoms with E-state index in [0.29, 0.717) is 5.56 Å². The first-order valence-electron chi connectivity index (χ1n) is 4.68. The van der Waals surface area contributed by atoms with Gasteiger partial charge < -0.3 is 15.3 Å². The summed E-state index contributed by atoms with van der Waals surface area (Å²) in [5.74, 6) is 0. The molecule has 1 rings (SSSR count). The zero-order valence-corrected chi connectivity index (χ0v) is 8.22. The fraction of sp³-hybridized carbons (Fsp3) is 0.455. The van der Waals surface area contributed by atoms with Crippen LogP contribution in [0.15, 0.2) is 24.3 Å². The van der Waals surface area contributed by atoms with E-state index in [1.165, 1.54) is 0 Å². The average molecular weight is 196 g/mol. The van der Waals surface area contributed by atoms with Crippen molar-refractivity contribution in [1.29, 1.82) is 0 Å². The largest absolute Gasteiger partial charge is 0.396 e. The summed E-state index contributed by atoms with van der Waals surface area (Å²) in [6.07, 6.45) is -1.63. The van der Waals surface area contributed by atoms with E-state index in [9.17, 15) is 10.2 Å². The Hall–Kier alpha value is -0.900. The van der Waals surface area contributed by atoms with E-state index in [1.54, 1.807) is 6.07 Å². The second kappa shape index (κ2) is 5.10. The van der Waals surface area contributed by atoms with Crippen molar-refractivity contribution >= 4 is 0 Å². The van der Waals surface area contributed by atoms with Crippen LogP contribution in [0, 0.1) is 6.92 Å². The van der Waals surface area contributed by atoms with Crippen LogP contribution < -0.4 is 0 Å². The molecule has 1 aromatic rings. The van der Waals surface area contributed by atoms with E-state index >= 15 is 0 Å². The normalized spacial score (nSPS) is 15.1. The Kier molecular flexibility index (Phi) is 4.07. The third-order valence-corrected chi connectivity index (χ3v) is 2.17. The summed E-state index contributed by atoms with van der Waals surface area (Å²) >= 11 is 0. The Morgan fingerprint density at radius 1 is 1.29 bits per heavy atom. The van der Waals surface area contributed by atoms with Gasteiger partial charge in [0.1, 0.15) is 6.10 Å². The predicted octanol–water partition coefficient (Wildman–Crippen LogP) is 0.772. The highest BCUT2D eigenvalue weighted by atomic mass is 16.3. The van der Waals surface area contributed by atoms with Gasteiger partial charge in [-0.2, -0.15) is 0 Å². The van der Waals surface area contributed by atoms with Crippen molar-refractivity contribution < 1.29 is 15.3 Å². The fourth-order valence-electron chi connectivity index (χ4n) is 1.37. The standard InChI is InChI=1S/C11H16O3/c1-8-3-2-4-9(7-8)11(14)10(13)5-6-12/h2-4,7,10-14H,5-6H2,1H3. The first-order chi connectivity index (χ1) is 6.65. The number of benzene rings is 1. The Morgan fingerprint density at radius 3 is 2.57 bits per heavy atom. The third-order valence-electron chi connectivity index (χ3n) is 2.17. The zero-order valence-electron chi connectivity index (χ0n) is 8.22. The van der Waals surface area contributed by atoms with Crippen LogP contribution >= 0.6 is 0 Å². The van der Waals surface area contributed by atoms with Crippen molar-refractivity contribution in [3.63, 3.8) is 0 Å². The second-order valence-corrected chi connectivity index (χ2v) is 3.44. The molecule has 3 nitrogen and oxygen atoms in total. The van der Waals surface area contributed by atoms with Crippen molar-refractivity contribution in [2.45, 2.75) is 25.6 Å². The van der Waals surface area contributed by atoms with Crippen LogP contribution in [0.25, 0.3) is 0 Å². The van der Waals surface area contributed by atoms with E-state index in [1.807, 2.05) is 25.1 Å². The van der Waals surface area contributed by atoms with Crippen LogP contribution in [0.3, 0.4) is 0 Å². The maximum absolute atomic E-state index is 9.68. The molecule has 14 heavy (non-hydrogen) atoms. The summed E-state index contributed by atoms with van der Waals surface area (Å²) in [7, 11) is 0. The smallest absolute Gasteiger partial charge is 0.105 e. The number of aliphatic hydroxyl groups excluding tert-OH is 3. The molecular weight excluding hydrogens is 180 g/mol. The van der Waals surface area contributed by atoms with Crippen molar-refractivity contribution in [3.05, 3.63) is 35.4 Å². The first-order valence-corrected chi connectivity index (χ1v) is 4.68. The van der Waals surface area contributed by atoms with Gasteiger partial charge >= 0.3 is 0 Å². The first kappa shape index (κ1) is 11.2. The molecule has 0 heterocycles. The summed E-state index contributed by atoms with van der Waals surface area (Å²) < 4.78 is 0.